The second-order valence-corrected chi connectivity index (χ2v) is 8.20. The third kappa shape index (κ3) is 4.38. The molecule has 2 aromatic heterocycles. The van der Waals surface area contributed by atoms with Gasteiger partial charge in [-0.1, -0.05) is 12.1 Å². The molecule has 0 saturated heterocycles. The second kappa shape index (κ2) is 8.59. The molecule has 0 spiro atoms. The number of hydrogen-bond donors (Lipinski definition) is 1. The monoisotopic (exact) mass is 425 g/mol. The van der Waals surface area contributed by atoms with Crippen molar-refractivity contribution in [3.05, 3.63) is 52.9 Å². The first-order valence-electron chi connectivity index (χ1n) is 8.98. The lowest BCUT2D eigenvalue weighted by Crippen LogP contribution is -2.12. The van der Waals surface area contributed by atoms with Gasteiger partial charge in [0.25, 0.3) is 0 Å². The number of amides is 1. The van der Waals surface area contributed by atoms with Crippen molar-refractivity contribution in [1.82, 2.24) is 9.97 Å². The van der Waals surface area contributed by atoms with Gasteiger partial charge in [-0.25, -0.2) is 9.97 Å². The summed E-state index contributed by atoms with van der Waals surface area (Å²) in [7, 11) is 3.23. The van der Waals surface area contributed by atoms with Crippen molar-refractivity contribution >= 4 is 43.9 Å². The van der Waals surface area contributed by atoms with E-state index in [9.17, 15) is 4.79 Å². The molecule has 0 fully saturated rings. The van der Waals surface area contributed by atoms with Crippen LogP contribution in [0.5, 0.6) is 11.5 Å². The number of aryl methyl sites for hydroxylation is 1. The fraction of sp³-hybridized carbons (Fsp3) is 0.190. The first-order valence-corrected chi connectivity index (χ1v) is 10.7. The minimum Gasteiger partial charge on any atom is -0.497 e. The van der Waals surface area contributed by atoms with Gasteiger partial charge in [0, 0.05) is 23.8 Å². The summed E-state index contributed by atoms with van der Waals surface area (Å²) in [6.07, 6.45) is 0.963. The van der Waals surface area contributed by atoms with Crippen LogP contribution in [0.15, 0.2) is 47.8 Å². The van der Waals surface area contributed by atoms with Crippen molar-refractivity contribution in [2.75, 3.05) is 19.5 Å². The van der Waals surface area contributed by atoms with Gasteiger partial charge < -0.3 is 14.8 Å². The van der Waals surface area contributed by atoms with Crippen LogP contribution in [-0.4, -0.2) is 30.1 Å². The first-order chi connectivity index (χ1) is 14.2. The number of aromatic nitrogens is 2. The van der Waals surface area contributed by atoms with E-state index in [2.05, 4.69) is 15.3 Å². The van der Waals surface area contributed by atoms with E-state index >= 15 is 0 Å². The van der Waals surface area contributed by atoms with Crippen molar-refractivity contribution in [2.24, 2.45) is 0 Å². The fourth-order valence-electron chi connectivity index (χ4n) is 2.90. The van der Waals surface area contributed by atoms with E-state index in [1.54, 1.807) is 25.6 Å². The minimum atomic E-state index is -0.0808. The standard InChI is InChI=1S/C21H19N3O3S2/c1-26-13-7-8-17(27-2)14(11-13)16-12-28-21(23-16)24-19(25)9-10-20-22-15-5-3-4-6-18(15)29-20/h3-8,11-12H,9-10H2,1-2H3,(H,23,24,25). The quantitative estimate of drug-likeness (QED) is 0.451. The molecule has 0 atom stereocenters. The van der Waals surface area contributed by atoms with E-state index < -0.39 is 0 Å². The Bertz CT molecular complexity index is 1120. The highest BCUT2D eigenvalue weighted by Crippen LogP contribution is 2.35. The van der Waals surface area contributed by atoms with Gasteiger partial charge in [0.2, 0.25) is 5.91 Å². The molecule has 0 unspecified atom stereocenters. The molecule has 0 aliphatic heterocycles. The molecular weight excluding hydrogens is 406 g/mol. The average molecular weight is 426 g/mol. The van der Waals surface area contributed by atoms with Crippen molar-refractivity contribution in [2.45, 2.75) is 12.8 Å². The highest BCUT2D eigenvalue weighted by Gasteiger charge is 2.13. The summed E-state index contributed by atoms with van der Waals surface area (Å²) in [6, 6.07) is 13.5. The SMILES string of the molecule is COc1ccc(OC)c(-c2csc(NC(=O)CCc3nc4ccccc4s3)n2)c1. The van der Waals surface area contributed by atoms with Gasteiger partial charge in [-0.05, 0) is 30.3 Å². The van der Waals surface area contributed by atoms with Crippen LogP contribution in [-0.2, 0) is 11.2 Å². The molecule has 1 N–H and O–H groups in total. The fourth-order valence-corrected chi connectivity index (χ4v) is 4.59. The van der Waals surface area contributed by atoms with E-state index in [-0.39, 0.29) is 5.91 Å². The van der Waals surface area contributed by atoms with Crippen LogP contribution in [0.25, 0.3) is 21.5 Å². The van der Waals surface area contributed by atoms with Crippen LogP contribution in [0.3, 0.4) is 0 Å². The minimum absolute atomic E-state index is 0.0808. The third-order valence-electron chi connectivity index (χ3n) is 4.34. The summed E-state index contributed by atoms with van der Waals surface area (Å²) >= 11 is 3.00. The van der Waals surface area contributed by atoms with Crippen molar-refractivity contribution in [3.63, 3.8) is 0 Å². The summed E-state index contributed by atoms with van der Waals surface area (Å²) in [5, 5.41) is 6.28. The molecule has 148 valence electrons. The van der Waals surface area contributed by atoms with Crippen LogP contribution >= 0.6 is 22.7 Å². The van der Waals surface area contributed by atoms with Gasteiger partial charge in [-0.15, -0.1) is 22.7 Å². The average Bonchev–Trinajstić information content (AvgIpc) is 3.38. The first kappa shape index (κ1) is 19.4. The Morgan fingerprint density at radius 1 is 1.10 bits per heavy atom. The molecular formula is C21H19N3O3S2. The molecule has 4 rings (SSSR count). The number of fused-ring (bicyclic) bond motifs is 1. The smallest absolute Gasteiger partial charge is 0.226 e. The number of nitrogens with zero attached hydrogens (tertiary/aromatic N) is 2. The number of anilines is 1. The second-order valence-electron chi connectivity index (χ2n) is 6.23. The number of benzene rings is 2. The van der Waals surface area contributed by atoms with Crippen LogP contribution in [0.1, 0.15) is 11.4 Å². The zero-order valence-electron chi connectivity index (χ0n) is 16.0. The molecule has 1 amide bonds. The maximum absolute atomic E-state index is 12.4. The van der Waals surface area contributed by atoms with Crippen LogP contribution in [0.2, 0.25) is 0 Å². The summed E-state index contributed by atoms with van der Waals surface area (Å²) in [4.78, 5) is 21.5. The number of thiazole rings is 2. The Kier molecular flexibility index (Phi) is 5.73. The zero-order valence-corrected chi connectivity index (χ0v) is 17.6. The van der Waals surface area contributed by atoms with Gasteiger partial charge in [0.15, 0.2) is 5.13 Å². The van der Waals surface area contributed by atoms with Gasteiger partial charge in [-0.2, -0.15) is 0 Å². The largest absolute Gasteiger partial charge is 0.497 e. The molecule has 4 aromatic rings. The summed E-state index contributed by atoms with van der Waals surface area (Å²) in [6.45, 7) is 0. The summed E-state index contributed by atoms with van der Waals surface area (Å²) in [5.41, 5.74) is 2.52. The Labute approximate surface area is 176 Å². The molecule has 2 heterocycles. The highest BCUT2D eigenvalue weighted by atomic mass is 32.1. The van der Waals surface area contributed by atoms with E-state index in [1.165, 1.54) is 11.3 Å². The molecule has 8 heteroatoms. The Hall–Kier alpha value is -2.97. The lowest BCUT2D eigenvalue weighted by atomic mass is 10.1. The number of nitrogens with one attached hydrogen (secondary N) is 1. The Morgan fingerprint density at radius 2 is 1.97 bits per heavy atom. The normalized spacial score (nSPS) is 10.8. The number of ether oxygens (including phenoxy) is 2. The molecule has 29 heavy (non-hydrogen) atoms. The molecule has 0 aliphatic rings. The number of carbonyl (C=O) groups excluding carboxylic acids is 1. The highest BCUT2D eigenvalue weighted by molar-refractivity contribution is 7.18. The zero-order chi connectivity index (χ0) is 20.2. The predicted molar refractivity (Wildman–Crippen MR) is 117 cm³/mol. The Balaban J connectivity index is 1.41. The topological polar surface area (TPSA) is 73.3 Å². The maximum atomic E-state index is 12.4. The van der Waals surface area contributed by atoms with Crippen LogP contribution in [0.4, 0.5) is 5.13 Å². The van der Waals surface area contributed by atoms with Crippen LogP contribution < -0.4 is 14.8 Å². The van der Waals surface area contributed by atoms with E-state index in [0.717, 1.165) is 32.2 Å². The molecule has 6 nitrogen and oxygen atoms in total. The summed E-state index contributed by atoms with van der Waals surface area (Å²) < 4.78 is 11.8. The number of para-hydroxylation sites is 1. The molecule has 0 radical (unpaired) electrons. The summed E-state index contributed by atoms with van der Waals surface area (Å²) in [5.74, 6) is 1.34. The van der Waals surface area contributed by atoms with E-state index in [4.69, 9.17) is 9.47 Å². The van der Waals surface area contributed by atoms with Gasteiger partial charge in [-0.3, -0.25) is 4.79 Å². The van der Waals surface area contributed by atoms with Crippen molar-refractivity contribution in [3.8, 4) is 22.8 Å². The number of hydrogen-bond acceptors (Lipinski definition) is 7. The third-order valence-corrected chi connectivity index (χ3v) is 6.19. The number of methoxy groups -OCH3 is 2. The van der Waals surface area contributed by atoms with Gasteiger partial charge in [0.1, 0.15) is 11.5 Å². The molecule has 0 saturated carbocycles. The van der Waals surface area contributed by atoms with E-state index in [0.29, 0.717) is 23.7 Å². The lowest BCUT2D eigenvalue weighted by Gasteiger charge is -2.08. The number of rotatable bonds is 7. The van der Waals surface area contributed by atoms with Crippen molar-refractivity contribution in [1.29, 1.82) is 0 Å². The Morgan fingerprint density at radius 3 is 2.76 bits per heavy atom. The lowest BCUT2D eigenvalue weighted by molar-refractivity contribution is -0.116. The maximum Gasteiger partial charge on any atom is 0.226 e. The van der Waals surface area contributed by atoms with Gasteiger partial charge >= 0.3 is 0 Å². The van der Waals surface area contributed by atoms with E-state index in [1.807, 2.05) is 47.8 Å². The van der Waals surface area contributed by atoms with Crippen molar-refractivity contribution < 1.29 is 14.3 Å². The van der Waals surface area contributed by atoms with Gasteiger partial charge in [0.05, 0.1) is 35.1 Å². The number of carbonyl (C=O) groups is 1. The van der Waals surface area contributed by atoms with Crippen LogP contribution in [0, 0.1) is 0 Å². The predicted octanol–water partition coefficient (Wildman–Crippen LogP) is 5.01. The molecule has 2 aromatic carbocycles. The molecule has 0 bridgehead atoms. The molecule has 0 aliphatic carbocycles.